The standard InChI is InChI=1S/C15H18N4O5/c1-9-12(7-16-18(9)2)15(22)17-13(8-20)14(21)10-3-5-11(6-4-10)19(23)24/h3-7,13-14,20-21H,8H2,1-2H3,(H,17,22). The van der Waals surface area contributed by atoms with E-state index in [0.29, 0.717) is 16.8 Å². The molecule has 9 nitrogen and oxygen atoms in total. The number of nitro benzene ring substituents is 1. The van der Waals surface area contributed by atoms with Crippen molar-refractivity contribution < 1.29 is 19.9 Å². The van der Waals surface area contributed by atoms with Crippen molar-refractivity contribution in [3.8, 4) is 0 Å². The zero-order chi connectivity index (χ0) is 17.9. The molecule has 128 valence electrons. The lowest BCUT2D eigenvalue weighted by molar-refractivity contribution is -0.384. The molecule has 0 fully saturated rings. The summed E-state index contributed by atoms with van der Waals surface area (Å²) in [6, 6.07) is 4.30. The number of aryl methyl sites for hydroxylation is 1. The highest BCUT2D eigenvalue weighted by molar-refractivity contribution is 5.95. The normalized spacial score (nSPS) is 13.3. The number of hydrogen-bond donors (Lipinski definition) is 3. The summed E-state index contributed by atoms with van der Waals surface area (Å²) in [5, 5.41) is 36.9. The van der Waals surface area contributed by atoms with E-state index in [-0.39, 0.29) is 5.69 Å². The van der Waals surface area contributed by atoms with E-state index in [4.69, 9.17) is 0 Å². The molecule has 2 atom stereocenters. The molecular weight excluding hydrogens is 316 g/mol. The van der Waals surface area contributed by atoms with Crippen LogP contribution in [0.5, 0.6) is 0 Å². The Labute approximate surface area is 137 Å². The van der Waals surface area contributed by atoms with Crippen molar-refractivity contribution >= 4 is 11.6 Å². The molecule has 1 amide bonds. The van der Waals surface area contributed by atoms with Crippen LogP contribution in [0.4, 0.5) is 5.69 Å². The Morgan fingerprint density at radius 1 is 1.42 bits per heavy atom. The Hall–Kier alpha value is -2.78. The molecule has 0 aliphatic carbocycles. The van der Waals surface area contributed by atoms with Gasteiger partial charge in [0.05, 0.1) is 29.3 Å². The fourth-order valence-corrected chi connectivity index (χ4v) is 2.22. The van der Waals surface area contributed by atoms with Gasteiger partial charge in [-0.1, -0.05) is 0 Å². The Bertz CT molecular complexity index is 741. The van der Waals surface area contributed by atoms with Gasteiger partial charge in [0.25, 0.3) is 11.6 Å². The van der Waals surface area contributed by atoms with Crippen LogP contribution in [-0.4, -0.2) is 43.5 Å². The van der Waals surface area contributed by atoms with E-state index >= 15 is 0 Å². The average Bonchev–Trinajstić information content (AvgIpc) is 2.91. The number of nitrogens with zero attached hydrogens (tertiary/aromatic N) is 3. The van der Waals surface area contributed by atoms with E-state index in [1.54, 1.807) is 14.0 Å². The van der Waals surface area contributed by atoms with E-state index in [1.165, 1.54) is 35.1 Å². The number of aliphatic hydroxyl groups excluding tert-OH is 2. The van der Waals surface area contributed by atoms with Crippen molar-refractivity contribution in [3.63, 3.8) is 0 Å². The number of amides is 1. The minimum absolute atomic E-state index is 0.110. The number of hydrogen-bond acceptors (Lipinski definition) is 6. The molecule has 0 bridgehead atoms. The summed E-state index contributed by atoms with van der Waals surface area (Å²) in [5.41, 5.74) is 1.23. The van der Waals surface area contributed by atoms with Gasteiger partial charge in [0, 0.05) is 24.9 Å². The molecule has 0 saturated heterocycles. The minimum atomic E-state index is -1.21. The summed E-state index contributed by atoms with van der Waals surface area (Å²) < 4.78 is 1.54. The maximum atomic E-state index is 12.3. The first-order valence-electron chi connectivity index (χ1n) is 7.18. The first-order valence-corrected chi connectivity index (χ1v) is 7.18. The van der Waals surface area contributed by atoms with Gasteiger partial charge in [-0.15, -0.1) is 0 Å². The van der Waals surface area contributed by atoms with Crippen molar-refractivity contribution in [1.29, 1.82) is 0 Å². The topological polar surface area (TPSA) is 131 Å². The van der Waals surface area contributed by atoms with Crippen LogP contribution in [0.25, 0.3) is 0 Å². The summed E-state index contributed by atoms with van der Waals surface area (Å²) >= 11 is 0. The lowest BCUT2D eigenvalue weighted by Gasteiger charge is -2.22. The smallest absolute Gasteiger partial charge is 0.269 e. The Balaban J connectivity index is 2.13. The van der Waals surface area contributed by atoms with Gasteiger partial charge in [-0.25, -0.2) is 0 Å². The highest BCUT2D eigenvalue weighted by Gasteiger charge is 2.24. The molecule has 9 heteroatoms. The first kappa shape index (κ1) is 17.6. The summed E-state index contributed by atoms with van der Waals surface area (Å²) in [7, 11) is 1.70. The van der Waals surface area contributed by atoms with Crippen molar-refractivity contribution in [1.82, 2.24) is 15.1 Å². The predicted molar refractivity (Wildman–Crippen MR) is 84.3 cm³/mol. The van der Waals surface area contributed by atoms with Gasteiger partial charge in [-0.2, -0.15) is 5.10 Å². The number of carbonyl (C=O) groups is 1. The van der Waals surface area contributed by atoms with Crippen LogP contribution < -0.4 is 5.32 Å². The van der Waals surface area contributed by atoms with Gasteiger partial charge in [0.1, 0.15) is 6.10 Å². The predicted octanol–water partition coefficient (Wildman–Crippen LogP) is 0.461. The second-order valence-corrected chi connectivity index (χ2v) is 5.32. The summed E-state index contributed by atoms with van der Waals surface area (Å²) in [4.78, 5) is 22.3. The molecule has 0 spiro atoms. The van der Waals surface area contributed by atoms with Gasteiger partial charge in [-0.3, -0.25) is 19.6 Å². The summed E-state index contributed by atoms with van der Waals surface area (Å²) in [6.45, 7) is 1.23. The highest BCUT2D eigenvalue weighted by Crippen LogP contribution is 2.21. The van der Waals surface area contributed by atoms with Crippen molar-refractivity contribution in [2.75, 3.05) is 6.61 Å². The van der Waals surface area contributed by atoms with Gasteiger partial charge >= 0.3 is 0 Å². The van der Waals surface area contributed by atoms with Crippen molar-refractivity contribution in [2.45, 2.75) is 19.1 Å². The maximum absolute atomic E-state index is 12.3. The number of non-ortho nitro benzene ring substituents is 1. The molecule has 2 unspecified atom stereocenters. The third-order valence-electron chi connectivity index (χ3n) is 3.82. The van der Waals surface area contributed by atoms with Crippen molar-refractivity contribution in [3.05, 3.63) is 57.4 Å². The van der Waals surface area contributed by atoms with Gasteiger partial charge in [-0.05, 0) is 24.6 Å². The fourth-order valence-electron chi connectivity index (χ4n) is 2.22. The molecule has 24 heavy (non-hydrogen) atoms. The molecule has 0 radical (unpaired) electrons. The number of aromatic nitrogens is 2. The van der Waals surface area contributed by atoms with Gasteiger partial charge in [0.2, 0.25) is 0 Å². The van der Waals surface area contributed by atoms with E-state index < -0.39 is 29.6 Å². The van der Waals surface area contributed by atoms with Crippen molar-refractivity contribution in [2.24, 2.45) is 7.05 Å². The second kappa shape index (κ2) is 7.20. The molecular formula is C15H18N4O5. The van der Waals surface area contributed by atoms with Crippen LogP contribution in [-0.2, 0) is 7.05 Å². The Morgan fingerprint density at radius 2 is 2.04 bits per heavy atom. The zero-order valence-corrected chi connectivity index (χ0v) is 13.2. The van der Waals surface area contributed by atoms with Gasteiger partial charge < -0.3 is 15.5 Å². The minimum Gasteiger partial charge on any atom is -0.394 e. The fraction of sp³-hybridized carbons (Fsp3) is 0.333. The molecule has 0 aliphatic heterocycles. The van der Waals surface area contributed by atoms with Gasteiger partial charge in [0.15, 0.2) is 0 Å². The molecule has 1 heterocycles. The number of rotatable bonds is 6. The first-order chi connectivity index (χ1) is 11.3. The SMILES string of the molecule is Cc1c(C(=O)NC(CO)C(O)c2ccc([N+](=O)[O-])cc2)cnn1C. The second-order valence-electron chi connectivity index (χ2n) is 5.32. The number of nitrogens with one attached hydrogen (secondary N) is 1. The highest BCUT2D eigenvalue weighted by atomic mass is 16.6. The maximum Gasteiger partial charge on any atom is 0.269 e. The van der Waals surface area contributed by atoms with Crippen LogP contribution in [0.15, 0.2) is 30.5 Å². The van der Waals surface area contributed by atoms with E-state index in [1.807, 2.05) is 0 Å². The van der Waals surface area contributed by atoms with Crippen LogP contribution in [0.2, 0.25) is 0 Å². The van der Waals surface area contributed by atoms with Crippen LogP contribution >= 0.6 is 0 Å². The number of nitro groups is 1. The third kappa shape index (κ3) is 3.58. The third-order valence-corrected chi connectivity index (χ3v) is 3.82. The lowest BCUT2D eigenvalue weighted by Crippen LogP contribution is -2.42. The monoisotopic (exact) mass is 334 g/mol. The quantitative estimate of drug-likeness (QED) is 0.520. The number of aliphatic hydroxyl groups is 2. The molecule has 2 aromatic rings. The van der Waals surface area contributed by atoms with Crippen LogP contribution in [0, 0.1) is 17.0 Å². The Morgan fingerprint density at radius 3 is 2.50 bits per heavy atom. The van der Waals surface area contributed by atoms with E-state index in [9.17, 15) is 25.1 Å². The van der Waals surface area contributed by atoms with E-state index in [2.05, 4.69) is 10.4 Å². The number of carbonyl (C=O) groups excluding carboxylic acids is 1. The summed E-state index contributed by atoms with van der Waals surface area (Å²) in [6.07, 6.45) is 0.189. The molecule has 3 N–H and O–H groups in total. The largest absolute Gasteiger partial charge is 0.394 e. The number of benzene rings is 1. The molecule has 0 saturated carbocycles. The molecule has 1 aromatic heterocycles. The molecule has 2 rings (SSSR count). The summed E-state index contributed by atoms with van der Waals surface area (Å²) in [5.74, 6) is -0.472. The zero-order valence-electron chi connectivity index (χ0n) is 13.2. The molecule has 0 aliphatic rings. The van der Waals surface area contributed by atoms with Crippen LogP contribution in [0.1, 0.15) is 27.7 Å². The van der Waals surface area contributed by atoms with E-state index in [0.717, 1.165) is 0 Å². The Kier molecular flexibility index (Phi) is 5.27. The van der Waals surface area contributed by atoms with Crippen LogP contribution in [0.3, 0.4) is 0 Å². The molecule has 1 aromatic carbocycles. The average molecular weight is 334 g/mol. The lowest BCUT2D eigenvalue weighted by atomic mass is 10.0.